The predicted molar refractivity (Wildman–Crippen MR) is 87.7 cm³/mol. The highest BCUT2D eigenvalue weighted by atomic mass is 19.3. The third-order valence-electron chi connectivity index (χ3n) is 4.27. The maximum Gasteiger partial charge on any atom is 0.272 e. The number of carbonyl (C=O) groups excluding carboxylic acids is 1. The van der Waals surface area contributed by atoms with Gasteiger partial charge in [0, 0.05) is 18.9 Å². The Labute approximate surface area is 140 Å². The standard InChI is InChI=1S/C17H24F2N2O3/c1-12-3-4-13(9-14(12)24-10-15(18)19)21-16(22)17(11-23-2)5-7-20-8-6-17/h3-4,9,15,20H,5-8,10-11H2,1-2H3,(H,21,22). The van der Waals surface area contributed by atoms with Crippen molar-refractivity contribution in [3.63, 3.8) is 0 Å². The molecule has 0 aliphatic carbocycles. The molecule has 1 aromatic carbocycles. The Morgan fingerprint density at radius 2 is 2.08 bits per heavy atom. The number of hydrogen-bond donors (Lipinski definition) is 2. The number of piperidine rings is 1. The van der Waals surface area contributed by atoms with Crippen LogP contribution < -0.4 is 15.4 Å². The second-order valence-corrected chi connectivity index (χ2v) is 6.10. The zero-order valence-corrected chi connectivity index (χ0v) is 14.0. The number of alkyl halides is 2. The fourth-order valence-electron chi connectivity index (χ4n) is 2.87. The van der Waals surface area contributed by atoms with Gasteiger partial charge in [0.2, 0.25) is 5.91 Å². The van der Waals surface area contributed by atoms with Gasteiger partial charge in [0.25, 0.3) is 6.43 Å². The molecule has 134 valence electrons. The Morgan fingerprint density at radius 1 is 1.38 bits per heavy atom. The molecule has 5 nitrogen and oxygen atoms in total. The van der Waals surface area contributed by atoms with Gasteiger partial charge in [-0.1, -0.05) is 6.07 Å². The lowest BCUT2D eigenvalue weighted by Crippen LogP contribution is -2.47. The first-order chi connectivity index (χ1) is 11.5. The molecule has 7 heteroatoms. The lowest BCUT2D eigenvalue weighted by atomic mass is 9.78. The van der Waals surface area contributed by atoms with Crippen molar-refractivity contribution >= 4 is 11.6 Å². The summed E-state index contributed by atoms with van der Waals surface area (Å²) in [6.07, 6.45) is -1.16. The molecular weight excluding hydrogens is 318 g/mol. The summed E-state index contributed by atoms with van der Waals surface area (Å²) >= 11 is 0. The maximum absolute atomic E-state index is 12.8. The van der Waals surface area contributed by atoms with Gasteiger partial charge in [0.1, 0.15) is 12.4 Å². The molecule has 0 aromatic heterocycles. The smallest absolute Gasteiger partial charge is 0.272 e. The SMILES string of the molecule is COCC1(C(=O)Nc2ccc(C)c(OCC(F)F)c2)CCNCC1. The van der Waals surface area contributed by atoms with Crippen molar-refractivity contribution in [3.8, 4) is 5.75 Å². The van der Waals surface area contributed by atoms with Crippen LogP contribution in [0.2, 0.25) is 0 Å². The highest BCUT2D eigenvalue weighted by molar-refractivity contribution is 5.95. The van der Waals surface area contributed by atoms with Gasteiger partial charge in [-0.05, 0) is 44.5 Å². The van der Waals surface area contributed by atoms with Crippen LogP contribution in [0.3, 0.4) is 0 Å². The van der Waals surface area contributed by atoms with E-state index in [1.807, 2.05) is 0 Å². The second-order valence-electron chi connectivity index (χ2n) is 6.10. The van der Waals surface area contributed by atoms with Crippen LogP contribution in [0.5, 0.6) is 5.75 Å². The van der Waals surface area contributed by atoms with Crippen molar-refractivity contribution in [1.29, 1.82) is 0 Å². The number of methoxy groups -OCH3 is 1. The Hall–Kier alpha value is -1.73. The maximum atomic E-state index is 12.8. The lowest BCUT2D eigenvalue weighted by Gasteiger charge is -2.35. The van der Waals surface area contributed by atoms with Gasteiger partial charge in [-0.15, -0.1) is 0 Å². The van der Waals surface area contributed by atoms with E-state index >= 15 is 0 Å². The first-order valence-electron chi connectivity index (χ1n) is 7.99. The summed E-state index contributed by atoms with van der Waals surface area (Å²) in [5.74, 6) is 0.230. The van der Waals surface area contributed by atoms with Gasteiger partial charge >= 0.3 is 0 Å². The molecule has 24 heavy (non-hydrogen) atoms. The first-order valence-corrected chi connectivity index (χ1v) is 7.99. The number of carbonyl (C=O) groups is 1. The van der Waals surface area contributed by atoms with E-state index in [1.54, 1.807) is 32.2 Å². The Bertz CT molecular complexity index is 555. The molecular formula is C17H24F2N2O3. The fraction of sp³-hybridized carbons (Fsp3) is 0.588. The molecule has 1 saturated heterocycles. The number of amides is 1. The molecule has 2 rings (SSSR count). The number of anilines is 1. The zero-order chi connectivity index (χ0) is 17.6. The van der Waals surface area contributed by atoms with Gasteiger partial charge < -0.3 is 20.1 Å². The summed E-state index contributed by atoms with van der Waals surface area (Å²) in [6.45, 7) is 2.96. The highest BCUT2D eigenvalue weighted by Crippen LogP contribution is 2.32. The number of ether oxygens (including phenoxy) is 2. The summed E-state index contributed by atoms with van der Waals surface area (Å²) in [5.41, 5.74) is 0.695. The van der Waals surface area contributed by atoms with Crippen molar-refractivity contribution in [2.24, 2.45) is 5.41 Å². The van der Waals surface area contributed by atoms with Crippen molar-refractivity contribution < 1.29 is 23.0 Å². The monoisotopic (exact) mass is 342 g/mol. The molecule has 1 aromatic rings. The van der Waals surface area contributed by atoms with Crippen molar-refractivity contribution in [2.45, 2.75) is 26.2 Å². The molecule has 0 radical (unpaired) electrons. The summed E-state index contributed by atoms with van der Waals surface area (Å²) in [4.78, 5) is 12.8. The minimum absolute atomic E-state index is 0.116. The van der Waals surface area contributed by atoms with Crippen molar-refractivity contribution in [3.05, 3.63) is 23.8 Å². The normalized spacial score (nSPS) is 16.9. The van der Waals surface area contributed by atoms with E-state index in [1.165, 1.54) is 0 Å². The minimum atomic E-state index is -2.54. The molecule has 1 amide bonds. The topological polar surface area (TPSA) is 59.6 Å². The summed E-state index contributed by atoms with van der Waals surface area (Å²) < 4.78 is 35.0. The number of halogens is 2. The molecule has 0 saturated carbocycles. The van der Waals surface area contributed by atoms with E-state index in [2.05, 4.69) is 10.6 Å². The average molecular weight is 342 g/mol. The number of nitrogens with one attached hydrogen (secondary N) is 2. The lowest BCUT2D eigenvalue weighted by molar-refractivity contribution is -0.130. The van der Waals surface area contributed by atoms with E-state index in [0.29, 0.717) is 30.9 Å². The van der Waals surface area contributed by atoms with Crippen LogP contribution in [-0.2, 0) is 9.53 Å². The molecule has 0 unspecified atom stereocenters. The largest absolute Gasteiger partial charge is 0.487 e. The molecule has 1 aliphatic heterocycles. The van der Waals surface area contributed by atoms with E-state index in [-0.39, 0.29) is 5.91 Å². The molecule has 0 spiro atoms. The van der Waals surface area contributed by atoms with Gasteiger partial charge in [-0.2, -0.15) is 0 Å². The number of rotatable bonds is 7. The number of aryl methyl sites for hydroxylation is 1. The Morgan fingerprint density at radius 3 is 2.71 bits per heavy atom. The van der Waals surface area contributed by atoms with Crippen LogP contribution in [-0.4, -0.2) is 45.7 Å². The molecule has 1 fully saturated rings. The third kappa shape index (κ3) is 4.64. The number of benzene rings is 1. The molecule has 0 bridgehead atoms. The second kappa shape index (κ2) is 8.39. The van der Waals surface area contributed by atoms with Gasteiger partial charge in [-0.25, -0.2) is 8.78 Å². The summed E-state index contributed by atoms with van der Waals surface area (Å²) in [5, 5.41) is 6.11. The Kier molecular flexibility index (Phi) is 6.51. The van der Waals surface area contributed by atoms with E-state index in [0.717, 1.165) is 18.7 Å². The van der Waals surface area contributed by atoms with Gasteiger partial charge in [0.15, 0.2) is 0 Å². The van der Waals surface area contributed by atoms with Crippen molar-refractivity contribution in [2.75, 3.05) is 38.7 Å². The van der Waals surface area contributed by atoms with Gasteiger partial charge in [0.05, 0.1) is 12.0 Å². The first kappa shape index (κ1) is 18.6. The molecule has 0 atom stereocenters. The van der Waals surface area contributed by atoms with E-state index in [9.17, 15) is 13.6 Å². The summed E-state index contributed by atoms with van der Waals surface area (Å²) in [6, 6.07) is 5.06. The van der Waals surface area contributed by atoms with E-state index < -0.39 is 18.4 Å². The molecule has 1 aliphatic rings. The quantitative estimate of drug-likeness (QED) is 0.800. The van der Waals surface area contributed by atoms with Crippen molar-refractivity contribution in [1.82, 2.24) is 5.32 Å². The fourth-order valence-corrected chi connectivity index (χ4v) is 2.87. The van der Waals surface area contributed by atoms with E-state index in [4.69, 9.17) is 9.47 Å². The van der Waals surface area contributed by atoms with Crippen LogP contribution in [0.25, 0.3) is 0 Å². The van der Waals surface area contributed by atoms with Crippen LogP contribution in [0.4, 0.5) is 14.5 Å². The van der Waals surface area contributed by atoms with Crippen LogP contribution >= 0.6 is 0 Å². The summed E-state index contributed by atoms with van der Waals surface area (Å²) in [7, 11) is 1.58. The third-order valence-corrected chi connectivity index (χ3v) is 4.27. The Balaban J connectivity index is 2.11. The molecule has 1 heterocycles. The predicted octanol–water partition coefficient (Wildman–Crippen LogP) is 2.59. The minimum Gasteiger partial charge on any atom is -0.487 e. The average Bonchev–Trinajstić information content (AvgIpc) is 2.56. The number of hydrogen-bond acceptors (Lipinski definition) is 4. The molecule has 2 N–H and O–H groups in total. The van der Waals surface area contributed by atoms with Crippen LogP contribution in [0.15, 0.2) is 18.2 Å². The van der Waals surface area contributed by atoms with Crippen LogP contribution in [0.1, 0.15) is 18.4 Å². The van der Waals surface area contributed by atoms with Gasteiger partial charge in [-0.3, -0.25) is 4.79 Å². The van der Waals surface area contributed by atoms with Crippen LogP contribution in [0, 0.1) is 12.3 Å². The highest BCUT2D eigenvalue weighted by Gasteiger charge is 2.39. The zero-order valence-electron chi connectivity index (χ0n) is 14.0.